The Morgan fingerprint density at radius 1 is 1.45 bits per heavy atom. The molecule has 11 heavy (non-hydrogen) atoms. The summed E-state index contributed by atoms with van der Waals surface area (Å²) < 4.78 is 0. The highest BCUT2D eigenvalue weighted by Gasteiger charge is 1.94. The van der Waals surface area contributed by atoms with Crippen LogP contribution in [0.3, 0.4) is 0 Å². The summed E-state index contributed by atoms with van der Waals surface area (Å²) >= 11 is 0. The summed E-state index contributed by atoms with van der Waals surface area (Å²) in [6.45, 7) is 2.13. The third-order valence-corrected chi connectivity index (χ3v) is 1.43. The first-order valence-electron chi connectivity index (χ1n) is 4.09. The smallest absolute Gasteiger partial charge is 0.148 e. The molecule has 1 unspecified atom stereocenters. The van der Waals surface area contributed by atoms with E-state index in [1.54, 1.807) is 0 Å². The van der Waals surface area contributed by atoms with Gasteiger partial charge in [-0.1, -0.05) is 31.9 Å². The molecule has 0 aliphatic rings. The molecular formula is C9H16O2. The molecule has 0 radical (unpaired) electrons. The molecule has 2 nitrogen and oxygen atoms in total. The Bertz CT molecular complexity index is 119. The second kappa shape index (κ2) is 7.48. The lowest BCUT2D eigenvalue weighted by atomic mass is 10.2. The molecule has 1 N–H and O–H groups in total. The summed E-state index contributed by atoms with van der Waals surface area (Å²) in [6.07, 6.45) is 7.46. The van der Waals surface area contributed by atoms with E-state index in [4.69, 9.17) is 5.11 Å². The van der Waals surface area contributed by atoms with Crippen LogP contribution in [0, 0.1) is 0 Å². The SMILES string of the molecule is CCCCC=CCC(O)C=O. The lowest BCUT2D eigenvalue weighted by molar-refractivity contribution is -0.114. The van der Waals surface area contributed by atoms with Crippen LogP contribution in [-0.4, -0.2) is 17.5 Å². The van der Waals surface area contributed by atoms with E-state index in [-0.39, 0.29) is 0 Å². The Morgan fingerprint density at radius 3 is 2.73 bits per heavy atom. The zero-order valence-corrected chi connectivity index (χ0v) is 6.99. The van der Waals surface area contributed by atoms with Gasteiger partial charge in [-0.15, -0.1) is 0 Å². The monoisotopic (exact) mass is 156 g/mol. The average molecular weight is 156 g/mol. The molecule has 0 saturated heterocycles. The van der Waals surface area contributed by atoms with E-state index >= 15 is 0 Å². The van der Waals surface area contributed by atoms with Crippen molar-refractivity contribution in [3.05, 3.63) is 12.2 Å². The number of hydrogen-bond acceptors (Lipinski definition) is 2. The minimum Gasteiger partial charge on any atom is -0.385 e. The van der Waals surface area contributed by atoms with Crippen LogP contribution in [0.4, 0.5) is 0 Å². The summed E-state index contributed by atoms with van der Waals surface area (Å²) in [6, 6.07) is 0. The number of allylic oxidation sites excluding steroid dienone is 1. The molecule has 0 amide bonds. The first-order chi connectivity index (χ1) is 5.31. The van der Waals surface area contributed by atoms with Crippen molar-refractivity contribution in [3.8, 4) is 0 Å². The fourth-order valence-corrected chi connectivity index (χ4v) is 0.731. The summed E-state index contributed by atoms with van der Waals surface area (Å²) in [7, 11) is 0. The Balaban J connectivity index is 3.21. The van der Waals surface area contributed by atoms with E-state index in [1.807, 2.05) is 12.2 Å². The van der Waals surface area contributed by atoms with Gasteiger partial charge >= 0.3 is 0 Å². The molecule has 0 aromatic rings. The number of rotatable bonds is 6. The maximum absolute atomic E-state index is 9.94. The van der Waals surface area contributed by atoms with Crippen molar-refractivity contribution < 1.29 is 9.90 Å². The first kappa shape index (κ1) is 10.4. The summed E-state index contributed by atoms with van der Waals surface area (Å²) in [5.41, 5.74) is 0. The van der Waals surface area contributed by atoms with E-state index in [2.05, 4.69) is 6.92 Å². The van der Waals surface area contributed by atoms with E-state index in [0.717, 1.165) is 6.42 Å². The number of aliphatic hydroxyl groups is 1. The van der Waals surface area contributed by atoms with Gasteiger partial charge in [0.15, 0.2) is 0 Å². The third kappa shape index (κ3) is 7.26. The molecule has 0 aliphatic carbocycles. The second-order valence-corrected chi connectivity index (χ2v) is 2.55. The van der Waals surface area contributed by atoms with Gasteiger partial charge in [0.2, 0.25) is 0 Å². The molecule has 64 valence electrons. The molecule has 0 rings (SSSR count). The number of aldehydes is 1. The topological polar surface area (TPSA) is 37.3 Å². The van der Waals surface area contributed by atoms with E-state index in [9.17, 15) is 4.79 Å². The standard InChI is InChI=1S/C9H16O2/c1-2-3-4-5-6-7-9(11)8-10/h5-6,8-9,11H,2-4,7H2,1H3. The van der Waals surface area contributed by atoms with Crippen LogP contribution in [0.15, 0.2) is 12.2 Å². The molecular weight excluding hydrogens is 140 g/mol. The minimum absolute atomic E-state index is 0.452. The Hall–Kier alpha value is -0.630. The molecule has 0 heterocycles. The molecule has 0 aromatic carbocycles. The maximum atomic E-state index is 9.94. The maximum Gasteiger partial charge on any atom is 0.148 e. The van der Waals surface area contributed by atoms with Crippen LogP contribution in [0.2, 0.25) is 0 Å². The Kier molecular flexibility index (Phi) is 7.05. The molecule has 0 aromatic heterocycles. The second-order valence-electron chi connectivity index (χ2n) is 2.55. The van der Waals surface area contributed by atoms with Crippen LogP contribution < -0.4 is 0 Å². The van der Waals surface area contributed by atoms with Crippen LogP contribution in [0.5, 0.6) is 0 Å². The highest BCUT2D eigenvalue weighted by atomic mass is 16.3. The zero-order valence-electron chi connectivity index (χ0n) is 6.99. The van der Waals surface area contributed by atoms with Crippen molar-refractivity contribution in [1.82, 2.24) is 0 Å². The lowest BCUT2D eigenvalue weighted by Crippen LogP contribution is -2.04. The van der Waals surface area contributed by atoms with Crippen LogP contribution >= 0.6 is 0 Å². The van der Waals surface area contributed by atoms with Gasteiger partial charge in [-0.3, -0.25) is 0 Å². The molecule has 0 bridgehead atoms. The van der Waals surface area contributed by atoms with Crippen molar-refractivity contribution in [2.24, 2.45) is 0 Å². The van der Waals surface area contributed by atoms with E-state index in [0.29, 0.717) is 12.7 Å². The Labute approximate surface area is 67.9 Å². The number of aliphatic hydroxyl groups excluding tert-OH is 1. The van der Waals surface area contributed by atoms with Gasteiger partial charge in [-0.2, -0.15) is 0 Å². The first-order valence-corrected chi connectivity index (χ1v) is 4.09. The highest BCUT2D eigenvalue weighted by Crippen LogP contribution is 1.97. The van der Waals surface area contributed by atoms with Crippen molar-refractivity contribution >= 4 is 6.29 Å². The van der Waals surface area contributed by atoms with Gasteiger partial charge in [-0.25, -0.2) is 0 Å². The lowest BCUT2D eigenvalue weighted by Gasteiger charge is -1.94. The van der Waals surface area contributed by atoms with Gasteiger partial charge < -0.3 is 9.90 Å². The molecule has 0 spiro atoms. The molecule has 0 aliphatic heterocycles. The average Bonchev–Trinajstić information content (AvgIpc) is 2.04. The van der Waals surface area contributed by atoms with Gasteiger partial charge in [0, 0.05) is 0 Å². The van der Waals surface area contributed by atoms with Crippen molar-refractivity contribution in [2.45, 2.75) is 38.7 Å². The van der Waals surface area contributed by atoms with Crippen molar-refractivity contribution in [3.63, 3.8) is 0 Å². The number of carbonyl (C=O) groups excluding carboxylic acids is 1. The van der Waals surface area contributed by atoms with E-state index in [1.165, 1.54) is 12.8 Å². The van der Waals surface area contributed by atoms with Gasteiger partial charge in [-0.05, 0) is 12.8 Å². The highest BCUT2D eigenvalue weighted by molar-refractivity contribution is 5.55. The third-order valence-electron chi connectivity index (χ3n) is 1.43. The summed E-state index contributed by atoms with van der Waals surface area (Å²) in [5.74, 6) is 0. The van der Waals surface area contributed by atoms with Gasteiger partial charge in [0.25, 0.3) is 0 Å². The Morgan fingerprint density at radius 2 is 2.18 bits per heavy atom. The van der Waals surface area contributed by atoms with Gasteiger partial charge in [0.05, 0.1) is 0 Å². The number of carbonyl (C=O) groups is 1. The largest absolute Gasteiger partial charge is 0.385 e. The van der Waals surface area contributed by atoms with Crippen LogP contribution in [0.25, 0.3) is 0 Å². The zero-order chi connectivity index (χ0) is 8.53. The summed E-state index contributed by atoms with van der Waals surface area (Å²) in [4.78, 5) is 9.94. The predicted octanol–water partition coefficient (Wildman–Crippen LogP) is 1.68. The molecule has 0 fully saturated rings. The number of unbranched alkanes of at least 4 members (excludes halogenated alkanes) is 2. The van der Waals surface area contributed by atoms with Crippen LogP contribution in [0.1, 0.15) is 32.6 Å². The minimum atomic E-state index is -0.812. The van der Waals surface area contributed by atoms with Crippen molar-refractivity contribution in [1.29, 1.82) is 0 Å². The van der Waals surface area contributed by atoms with Crippen molar-refractivity contribution in [2.75, 3.05) is 0 Å². The molecule has 2 heteroatoms. The van der Waals surface area contributed by atoms with Crippen LogP contribution in [-0.2, 0) is 4.79 Å². The van der Waals surface area contributed by atoms with E-state index < -0.39 is 6.10 Å². The number of hydrogen-bond donors (Lipinski definition) is 1. The summed E-state index contributed by atoms with van der Waals surface area (Å²) in [5, 5.41) is 8.80. The fourth-order valence-electron chi connectivity index (χ4n) is 0.731. The van der Waals surface area contributed by atoms with Gasteiger partial charge in [0.1, 0.15) is 12.4 Å². The molecule has 0 saturated carbocycles. The quantitative estimate of drug-likeness (QED) is 0.361. The predicted molar refractivity (Wildman–Crippen MR) is 45.4 cm³/mol. The molecule has 1 atom stereocenters. The fraction of sp³-hybridized carbons (Fsp3) is 0.667. The normalized spacial score (nSPS) is 13.6.